The lowest BCUT2D eigenvalue weighted by atomic mass is 9.85. The summed E-state index contributed by atoms with van der Waals surface area (Å²) in [4.78, 5) is 34.4. The number of carbonyl (C=O) groups excluding carboxylic acids is 2. The maximum atomic E-state index is 12.8. The summed E-state index contributed by atoms with van der Waals surface area (Å²) in [7, 11) is 0. The quantitative estimate of drug-likeness (QED) is 0.285. The van der Waals surface area contributed by atoms with Crippen LogP contribution in [0.2, 0.25) is 0 Å². The molecule has 4 aliphatic rings. The minimum atomic E-state index is -0.107. The molecule has 2 amide bonds. The Kier molecular flexibility index (Phi) is 6.46. The number of likely N-dealkylation sites (tertiary alicyclic amines) is 2. The summed E-state index contributed by atoms with van der Waals surface area (Å²) in [6.45, 7) is 11.4. The summed E-state index contributed by atoms with van der Waals surface area (Å²) in [5.74, 6) is 1.75. The molecular weight excluding hydrogens is 378 g/mol. The standard InChI is InChI=1S/C23H37N5O2/c1-4-24-23(26-13-16-6-5-10-27(14-16)15(2)3)25-9-11-28-21(29)19-17-7-8-18(12-17)20(19)22(28)30/h7-8,15-20H,4-6,9-14H2,1-3H3,(H2,24,25,26). The minimum absolute atomic E-state index is 0.0292. The highest BCUT2D eigenvalue weighted by atomic mass is 16.2. The lowest BCUT2D eigenvalue weighted by Crippen LogP contribution is -2.44. The smallest absolute Gasteiger partial charge is 0.233 e. The summed E-state index contributed by atoms with van der Waals surface area (Å²) in [5, 5.41) is 6.62. The molecule has 3 fully saturated rings. The zero-order valence-electron chi connectivity index (χ0n) is 18.6. The first kappa shape index (κ1) is 21.3. The van der Waals surface area contributed by atoms with Gasteiger partial charge in [-0.05, 0) is 64.3 Å². The third-order valence-electron chi connectivity index (χ3n) is 7.32. The maximum Gasteiger partial charge on any atom is 0.233 e. The number of allylic oxidation sites excluding steroid dienone is 2. The van der Waals surface area contributed by atoms with Crippen molar-refractivity contribution in [3.8, 4) is 0 Å². The van der Waals surface area contributed by atoms with E-state index in [9.17, 15) is 9.59 Å². The van der Waals surface area contributed by atoms with E-state index in [4.69, 9.17) is 4.99 Å². The molecule has 5 atom stereocenters. The number of nitrogens with one attached hydrogen (secondary N) is 2. The third kappa shape index (κ3) is 4.13. The maximum absolute atomic E-state index is 12.8. The van der Waals surface area contributed by atoms with Crippen LogP contribution in [0.4, 0.5) is 0 Å². The molecule has 2 heterocycles. The van der Waals surface area contributed by atoms with E-state index in [-0.39, 0.29) is 35.5 Å². The average Bonchev–Trinajstić information content (AvgIpc) is 3.42. The number of hydrogen-bond acceptors (Lipinski definition) is 4. The van der Waals surface area contributed by atoms with Crippen molar-refractivity contribution in [2.45, 2.75) is 46.1 Å². The van der Waals surface area contributed by atoms with Gasteiger partial charge in [-0.1, -0.05) is 12.2 Å². The van der Waals surface area contributed by atoms with Crippen LogP contribution in [0.5, 0.6) is 0 Å². The van der Waals surface area contributed by atoms with Gasteiger partial charge in [0.25, 0.3) is 0 Å². The van der Waals surface area contributed by atoms with Gasteiger partial charge in [-0.3, -0.25) is 19.5 Å². The number of piperidine rings is 1. The van der Waals surface area contributed by atoms with Crippen LogP contribution in [-0.4, -0.2) is 72.9 Å². The van der Waals surface area contributed by atoms with Crippen LogP contribution in [0.3, 0.4) is 0 Å². The first-order valence-electron chi connectivity index (χ1n) is 11.8. The molecular formula is C23H37N5O2. The van der Waals surface area contributed by atoms with Crippen LogP contribution in [0.25, 0.3) is 0 Å². The molecule has 2 aliphatic heterocycles. The van der Waals surface area contributed by atoms with E-state index in [0.717, 1.165) is 32.0 Å². The third-order valence-corrected chi connectivity index (χ3v) is 7.32. The second-order valence-electron chi connectivity index (χ2n) is 9.57. The van der Waals surface area contributed by atoms with Crippen LogP contribution in [-0.2, 0) is 9.59 Å². The fourth-order valence-corrected chi connectivity index (χ4v) is 5.75. The van der Waals surface area contributed by atoms with Crippen LogP contribution in [0, 0.1) is 29.6 Å². The fraction of sp³-hybridized carbons (Fsp3) is 0.783. The second-order valence-corrected chi connectivity index (χ2v) is 9.57. The average molecular weight is 416 g/mol. The van der Waals surface area contributed by atoms with Gasteiger partial charge < -0.3 is 15.5 Å². The second kappa shape index (κ2) is 9.08. The number of carbonyl (C=O) groups is 2. The van der Waals surface area contributed by atoms with E-state index >= 15 is 0 Å². The van der Waals surface area contributed by atoms with Gasteiger partial charge in [0.2, 0.25) is 11.8 Å². The number of nitrogens with zero attached hydrogens (tertiary/aromatic N) is 3. The highest BCUT2D eigenvalue weighted by Gasteiger charge is 2.58. The Hall–Kier alpha value is -1.89. The molecule has 7 heteroatoms. The fourth-order valence-electron chi connectivity index (χ4n) is 5.75. The Bertz CT molecular complexity index is 688. The van der Waals surface area contributed by atoms with Crippen LogP contribution >= 0.6 is 0 Å². The first-order chi connectivity index (χ1) is 14.5. The van der Waals surface area contributed by atoms with Gasteiger partial charge in [-0.15, -0.1) is 0 Å². The number of rotatable bonds is 7. The SMILES string of the molecule is CCNC(=NCC1CCCN(C(C)C)C1)NCCN1C(=O)C2C3C=CC(C3)C2C1=O. The van der Waals surface area contributed by atoms with Crippen LogP contribution in [0.1, 0.15) is 40.0 Å². The topological polar surface area (TPSA) is 77.0 Å². The summed E-state index contributed by atoms with van der Waals surface area (Å²) in [6, 6.07) is 0.587. The largest absolute Gasteiger partial charge is 0.357 e. The molecule has 166 valence electrons. The molecule has 0 aromatic carbocycles. The number of aliphatic imine (C=N–C) groups is 1. The number of fused-ring (bicyclic) bond motifs is 5. The molecule has 7 nitrogen and oxygen atoms in total. The molecule has 1 saturated carbocycles. The Balaban J connectivity index is 1.28. The van der Waals surface area contributed by atoms with Crippen molar-refractivity contribution in [2.24, 2.45) is 34.6 Å². The van der Waals surface area contributed by atoms with Crippen molar-refractivity contribution in [3.05, 3.63) is 12.2 Å². The summed E-state index contributed by atoms with van der Waals surface area (Å²) < 4.78 is 0. The predicted octanol–water partition coefficient (Wildman–Crippen LogP) is 1.47. The van der Waals surface area contributed by atoms with Gasteiger partial charge in [-0.25, -0.2) is 0 Å². The molecule has 30 heavy (non-hydrogen) atoms. The van der Waals surface area contributed by atoms with Crippen molar-refractivity contribution < 1.29 is 9.59 Å². The normalized spacial score (nSPS) is 33.7. The van der Waals surface area contributed by atoms with E-state index in [0.29, 0.717) is 25.0 Å². The lowest BCUT2D eigenvalue weighted by Gasteiger charge is -2.34. The highest BCUT2D eigenvalue weighted by Crippen LogP contribution is 2.52. The predicted molar refractivity (Wildman–Crippen MR) is 118 cm³/mol. The molecule has 0 spiro atoms. The zero-order valence-corrected chi connectivity index (χ0v) is 18.6. The summed E-state index contributed by atoms with van der Waals surface area (Å²) >= 11 is 0. The van der Waals surface area contributed by atoms with Gasteiger partial charge >= 0.3 is 0 Å². The Morgan fingerprint density at radius 3 is 2.50 bits per heavy atom. The van der Waals surface area contributed by atoms with Gasteiger partial charge in [0.15, 0.2) is 5.96 Å². The number of guanidine groups is 1. The lowest BCUT2D eigenvalue weighted by molar-refractivity contribution is -0.140. The summed E-state index contributed by atoms with van der Waals surface area (Å²) in [5.41, 5.74) is 0. The molecule has 0 aromatic rings. The van der Waals surface area contributed by atoms with Gasteiger partial charge in [0, 0.05) is 38.8 Å². The number of hydrogen-bond donors (Lipinski definition) is 2. The van der Waals surface area contributed by atoms with Crippen LogP contribution < -0.4 is 10.6 Å². The Labute approximate surface area is 180 Å². The monoisotopic (exact) mass is 415 g/mol. The molecule has 0 aromatic heterocycles. The van der Waals surface area contributed by atoms with Crippen molar-refractivity contribution >= 4 is 17.8 Å². The number of amides is 2. The van der Waals surface area contributed by atoms with E-state index < -0.39 is 0 Å². The molecule has 4 rings (SSSR count). The van der Waals surface area contributed by atoms with E-state index in [2.05, 4.69) is 48.5 Å². The molecule has 0 radical (unpaired) electrons. The van der Waals surface area contributed by atoms with E-state index in [1.54, 1.807) is 0 Å². The molecule has 2 N–H and O–H groups in total. The van der Waals surface area contributed by atoms with Crippen molar-refractivity contribution in [2.75, 3.05) is 39.3 Å². The van der Waals surface area contributed by atoms with E-state index in [1.165, 1.54) is 24.3 Å². The van der Waals surface area contributed by atoms with Crippen molar-refractivity contribution in [1.29, 1.82) is 0 Å². The minimum Gasteiger partial charge on any atom is -0.357 e. The van der Waals surface area contributed by atoms with Crippen LogP contribution in [0.15, 0.2) is 17.1 Å². The zero-order chi connectivity index (χ0) is 21.3. The van der Waals surface area contributed by atoms with Gasteiger partial charge in [-0.2, -0.15) is 0 Å². The molecule has 5 unspecified atom stereocenters. The van der Waals surface area contributed by atoms with Gasteiger partial charge in [0.1, 0.15) is 0 Å². The highest BCUT2D eigenvalue weighted by molar-refractivity contribution is 6.06. The van der Waals surface area contributed by atoms with Crippen molar-refractivity contribution in [3.63, 3.8) is 0 Å². The first-order valence-corrected chi connectivity index (χ1v) is 11.8. The Morgan fingerprint density at radius 1 is 1.17 bits per heavy atom. The summed E-state index contributed by atoms with van der Waals surface area (Å²) in [6.07, 6.45) is 7.72. The number of imide groups is 1. The molecule has 2 bridgehead atoms. The Morgan fingerprint density at radius 2 is 1.87 bits per heavy atom. The van der Waals surface area contributed by atoms with Crippen molar-refractivity contribution in [1.82, 2.24) is 20.4 Å². The molecule has 2 aliphatic carbocycles. The van der Waals surface area contributed by atoms with E-state index in [1.807, 2.05) is 0 Å². The molecule has 2 saturated heterocycles. The van der Waals surface area contributed by atoms with Gasteiger partial charge in [0.05, 0.1) is 11.8 Å².